The fourth-order valence-electron chi connectivity index (χ4n) is 3.09. The second-order valence-corrected chi connectivity index (χ2v) is 7.31. The van der Waals surface area contributed by atoms with Crippen molar-refractivity contribution in [2.24, 2.45) is 0 Å². The van der Waals surface area contributed by atoms with Gasteiger partial charge in [0.25, 0.3) is 11.5 Å². The molecule has 0 aliphatic rings. The van der Waals surface area contributed by atoms with E-state index in [0.717, 1.165) is 16.5 Å². The van der Waals surface area contributed by atoms with Crippen LogP contribution in [0.25, 0.3) is 16.6 Å². The topological polar surface area (TPSA) is 70.5 Å². The van der Waals surface area contributed by atoms with Crippen LogP contribution in [-0.4, -0.2) is 39.0 Å². The van der Waals surface area contributed by atoms with Gasteiger partial charge in [0.15, 0.2) is 0 Å². The molecule has 2 aromatic carbocycles. The van der Waals surface area contributed by atoms with Gasteiger partial charge in [0.2, 0.25) is 0 Å². The number of hydrogen-bond acceptors (Lipinski definition) is 3. The van der Waals surface area contributed by atoms with Crippen molar-refractivity contribution < 1.29 is 4.79 Å². The molecule has 0 fully saturated rings. The van der Waals surface area contributed by atoms with Crippen LogP contribution in [0.15, 0.2) is 64.0 Å². The van der Waals surface area contributed by atoms with Crippen LogP contribution in [0.1, 0.15) is 15.9 Å². The zero-order valence-electron chi connectivity index (χ0n) is 14.6. The van der Waals surface area contributed by atoms with Crippen molar-refractivity contribution in [3.8, 4) is 0 Å². The molecule has 2 aromatic heterocycles. The third kappa shape index (κ3) is 3.26. The van der Waals surface area contributed by atoms with Crippen LogP contribution in [-0.2, 0) is 6.42 Å². The number of likely N-dealkylation sites (N-methyl/N-ethyl adjacent to an activating group) is 1. The van der Waals surface area contributed by atoms with Crippen molar-refractivity contribution in [1.29, 1.82) is 0 Å². The normalized spacial score (nSPS) is 11.2. The maximum atomic E-state index is 12.9. The minimum absolute atomic E-state index is 0.173. The highest BCUT2D eigenvalue weighted by Crippen LogP contribution is 2.16. The lowest BCUT2D eigenvalue weighted by Gasteiger charge is -2.16. The lowest BCUT2D eigenvalue weighted by Crippen LogP contribution is -2.29. The maximum absolute atomic E-state index is 12.9. The Kier molecular flexibility index (Phi) is 4.53. The average Bonchev–Trinajstić information content (AvgIpc) is 3.11. The van der Waals surface area contributed by atoms with Crippen molar-refractivity contribution in [2.75, 3.05) is 13.6 Å². The molecular weight excluding hydrogens is 408 g/mol. The first-order valence-electron chi connectivity index (χ1n) is 8.53. The number of nitrogens with one attached hydrogen (secondary N) is 1. The van der Waals surface area contributed by atoms with Crippen LogP contribution in [0.3, 0.4) is 0 Å². The van der Waals surface area contributed by atoms with Gasteiger partial charge in [0, 0.05) is 18.1 Å². The molecule has 1 amide bonds. The highest BCUT2D eigenvalue weighted by Gasteiger charge is 2.19. The molecule has 0 aliphatic heterocycles. The molecule has 0 aliphatic carbocycles. The summed E-state index contributed by atoms with van der Waals surface area (Å²) in [6, 6.07) is 15.2. The van der Waals surface area contributed by atoms with Gasteiger partial charge in [0.05, 0.1) is 17.1 Å². The largest absolute Gasteiger partial charge is 0.341 e. The summed E-state index contributed by atoms with van der Waals surface area (Å²) in [5.74, 6) is -0.173. The Bertz CT molecular complexity index is 1190. The van der Waals surface area contributed by atoms with E-state index in [0.29, 0.717) is 28.7 Å². The molecule has 136 valence electrons. The van der Waals surface area contributed by atoms with E-state index in [9.17, 15) is 9.59 Å². The first-order valence-corrected chi connectivity index (χ1v) is 9.32. The van der Waals surface area contributed by atoms with Gasteiger partial charge >= 0.3 is 0 Å². The number of fused-ring (bicyclic) bond motifs is 3. The van der Waals surface area contributed by atoms with E-state index in [-0.39, 0.29) is 11.5 Å². The number of aromatic amines is 1. The van der Waals surface area contributed by atoms with E-state index >= 15 is 0 Å². The molecule has 0 spiro atoms. The molecule has 0 atom stereocenters. The standard InChI is InChI=1S/C20H17BrN4O2/c1-24(11-10-13-6-8-14(21)9-7-13)20(27)16-12-22-25-17-5-3-2-4-15(17)19(26)23-18(16)25/h2-9,12H,10-11H2,1H3,(H,23,26). The zero-order chi connectivity index (χ0) is 19.0. The molecular formula is C20H17BrN4O2. The van der Waals surface area contributed by atoms with Gasteiger partial charge in [-0.25, -0.2) is 4.52 Å². The number of amides is 1. The smallest absolute Gasteiger partial charge is 0.259 e. The van der Waals surface area contributed by atoms with Crippen LogP contribution in [0.5, 0.6) is 0 Å². The summed E-state index contributed by atoms with van der Waals surface area (Å²) in [6.07, 6.45) is 2.25. The second kappa shape index (κ2) is 7.00. The van der Waals surface area contributed by atoms with Crippen molar-refractivity contribution in [3.63, 3.8) is 0 Å². The Labute approximate surface area is 163 Å². The van der Waals surface area contributed by atoms with Gasteiger partial charge < -0.3 is 9.88 Å². The van der Waals surface area contributed by atoms with Gasteiger partial charge in [-0.15, -0.1) is 0 Å². The van der Waals surface area contributed by atoms with Gasteiger partial charge in [-0.1, -0.05) is 40.2 Å². The number of para-hydroxylation sites is 1. The number of nitrogens with zero attached hydrogens (tertiary/aromatic N) is 3. The van der Waals surface area contributed by atoms with Gasteiger partial charge in [-0.3, -0.25) is 9.59 Å². The summed E-state index contributed by atoms with van der Waals surface area (Å²) in [7, 11) is 1.75. The number of benzene rings is 2. The van der Waals surface area contributed by atoms with E-state index in [2.05, 4.69) is 26.0 Å². The van der Waals surface area contributed by atoms with Gasteiger partial charge in [-0.2, -0.15) is 5.10 Å². The van der Waals surface area contributed by atoms with Gasteiger partial charge in [-0.05, 0) is 36.2 Å². The minimum Gasteiger partial charge on any atom is -0.341 e. The number of rotatable bonds is 4. The van der Waals surface area contributed by atoms with Crippen molar-refractivity contribution in [3.05, 3.63) is 80.7 Å². The number of H-pyrrole nitrogens is 1. The summed E-state index contributed by atoms with van der Waals surface area (Å²) in [5.41, 5.74) is 2.39. The first kappa shape index (κ1) is 17.5. The third-order valence-electron chi connectivity index (χ3n) is 4.60. The monoisotopic (exact) mass is 424 g/mol. The van der Waals surface area contributed by atoms with Crippen molar-refractivity contribution in [2.45, 2.75) is 6.42 Å². The molecule has 0 bridgehead atoms. The minimum atomic E-state index is -0.231. The molecule has 4 aromatic rings. The number of carbonyl (C=O) groups is 1. The van der Waals surface area contributed by atoms with E-state index in [1.54, 1.807) is 28.6 Å². The fourth-order valence-corrected chi connectivity index (χ4v) is 3.35. The molecule has 6 nitrogen and oxygen atoms in total. The summed E-state index contributed by atoms with van der Waals surface area (Å²) < 4.78 is 2.63. The predicted molar refractivity (Wildman–Crippen MR) is 108 cm³/mol. The van der Waals surface area contributed by atoms with Gasteiger partial charge in [0.1, 0.15) is 11.2 Å². The molecule has 1 N–H and O–H groups in total. The molecule has 27 heavy (non-hydrogen) atoms. The van der Waals surface area contributed by atoms with Crippen LogP contribution in [0.2, 0.25) is 0 Å². The van der Waals surface area contributed by atoms with E-state index in [1.165, 1.54) is 6.20 Å². The highest BCUT2D eigenvalue weighted by atomic mass is 79.9. The Morgan fingerprint density at radius 3 is 2.70 bits per heavy atom. The molecule has 0 unspecified atom stereocenters. The number of halogens is 1. The predicted octanol–water partition coefficient (Wildman–Crippen LogP) is 3.25. The number of carbonyl (C=O) groups excluding carboxylic acids is 1. The average molecular weight is 425 g/mol. The van der Waals surface area contributed by atoms with Crippen molar-refractivity contribution >= 4 is 38.4 Å². The van der Waals surface area contributed by atoms with Crippen LogP contribution < -0.4 is 5.56 Å². The highest BCUT2D eigenvalue weighted by molar-refractivity contribution is 9.10. The lowest BCUT2D eigenvalue weighted by atomic mass is 10.1. The maximum Gasteiger partial charge on any atom is 0.259 e. The summed E-state index contributed by atoms with van der Waals surface area (Å²) in [6.45, 7) is 0.565. The number of hydrogen-bond donors (Lipinski definition) is 1. The van der Waals surface area contributed by atoms with Crippen LogP contribution in [0.4, 0.5) is 0 Å². The Morgan fingerprint density at radius 2 is 1.93 bits per heavy atom. The summed E-state index contributed by atoms with van der Waals surface area (Å²) in [5, 5.41) is 4.85. The van der Waals surface area contributed by atoms with Crippen LogP contribution in [0, 0.1) is 0 Å². The SMILES string of the molecule is CN(CCc1ccc(Br)cc1)C(=O)c1cnn2c1[nH]c(=O)c1ccccc12. The Hall–Kier alpha value is -2.93. The summed E-state index contributed by atoms with van der Waals surface area (Å²) >= 11 is 3.42. The summed E-state index contributed by atoms with van der Waals surface area (Å²) in [4.78, 5) is 29.7. The van der Waals surface area contributed by atoms with E-state index in [1.807, 2.05) is 36.4 Å². The Balaban J connectivity index is 1.62. The molecule has 0 saturated heterocycles. The first-order chi connectivity index (χ1) is 13.0. The lowest BCUT2D eigenvalue weighted by molar-refractivity contribution is 0.0798. The van der Waals surface area contributed by atoms with Crippen LogP contribution >= 0.6 is 15.9 Å². The fraction of sp³-hybridized carbons (Fsp3) is 0.150. The van der Waals surface area contributed by atoms with Crippen molar-refractivity contribution in [1.82, 2.24) is 19.5 Å². The molecule has 7 heteroatoms. The van der Waals surface area contributed by atoms with E-state index < -0.39 is 0 Å². The molecule has 0 radical (unpaired) electrons. The van der Waals surface area contributed by atoms with E-state index in [4.69, 9.17) is 0 Å². The number of aromatic nitrogens is 3. The second-order valence-electron chi connectivity index (χ2n) is 6.39. The molecule has 0 saturated carbocycles. The zero-order valence-corrected chi connectivity index (χ0v) is 16.2. The molecule has 4 rings (SSSR count). The molecule has 2 heterocycles. The quantitative estimate of drug-likeness (QED) is 0.546. The Morgan fingerprint density at radius 1 is 1.19 bits per heavy atom. The third-order valence-corrected chi connectivity index (χ3v) is 5.13.